The Morgan fingerprint density at radius 3 is 2.05 bits per heavy atom. The van der Waals surface area contributed by atoms with E-state index < -0.39 is 0 Å². The maximum Gasteiger partial charge on any atom is 0.0992 e. The van der Waals surface area contributed by atoms with Gasteiger partial charge >= 0.3 is 0 Å². The smallest absolute Gasteiger partial charge is 0.0992 e. The van der Waals surface area contributed by atoms with Crippen molar-refractivity contribution in [2.75, 3.05) is 4.90 Å². The SMILES string of the molecule is N#Cc1ccc(-c2ccc(-n3c4ccccc4c4ccccc43)cc2)c(N2c3ccccc3C3C=CC=CC32)c1. The van der Waals surface area contributed by atoms with Gasteiger partial charge in [0.2, 0.25) is 0 Å². The number of hydrogen-bond acceptors (Lipinski definition) is 2. The van der Waals surface area contributed by atoms with Gasteiger partial charge in [0.05, 0.1) is 34.4 Å². The van der Waals surface area contributed by atoms with Crippen molar-refractivity contribution in [2.45, 2.75) is 12.0 Å². The van der Waals surface area contributed by atoms with Crippen molar-refractivity contribution in [1.29, 1.82) is 5.26 Å². The van der Waals surface area contributed by atoms with Crippen LogP contribution in [-0.2, 0) is 0 Å². The lowest BCUT2D eigenvalue weighted by molar-refractivity contribution is 0.745. The molecule has 0 radical (unpaired) electrons. The number of rotatable bonds is 3. The lowest BCUT2D eigenvalue weighted by Gasteiger charge is -2.30. The maximum absolute atomic E-state index is 9.81. The number of anilines is 2. The number of para-hydroxylation sites is 3. The highest BCUT2D eigenvalue weighted by atomic mass is 15.2. The molecular formula is C37H25N3. The Bertz CT molecular complexity index is 1980. The van der Waals surface area contributed by atoms with Crippen molar-refractivity contribution in [1.82, 2.24) is 4.57 Å². The van der Waals surface area contributed by atoms with Gasteiger partial charge in [0.15, 0.2) is 0 Å². The number of hydrogen-bond donors (Lipinski definition) is 0. The molecule has 0 N–H and O–H groups in total. The molecular weight excluding hydrogens is 486 g/mol. The maximum atomic E-state index is 9.81. The predicted molar refractivity (Wildman–Crippen MR) is 164 cm³/mol. The zero-order valence-corrected chi connectivity index (χ0v) is 21.8. The topological polar surface area (TPSA) is 32.0 Å². The molecule has 2 aliphatic rings. The summed E-state index contributed by atoms with van der Waals surface area (Å²) >= 11 is 0. The Balaban J connectivity index is 1.28. The normalized spacial score (nSPS) is 17.2. The predicted octanol–water partition coefficient (Wildman–Crippen LogP) is 9.05. The van der Waals surface area contributed by atoms with Crippen LogP contribution >= 0.6 is 0 Å². The van der Waals surface area contributed by atoms with Gasteiger partial charge in [-0.1, -0.05) is 97.1 Å². The van der Waals surface area contributed by atoms with Gasteiger partial charge in [0, 0.05) is 33.6 Å². The summed E-state index contributed by atoms with van der Waals surface area (Å²) in [5, 5.41) is 12.3. The first-order chi connectivity index (χ1) is 19.8. The second-order valence-corrected chi connectivity index (χ2v) is 10.5. The summed E-state index contributed by atoms with van der Waals surface area (Å²) in [7, 11) is 0. The zero-order valence-electron chi connectivity index (χ0n) is 21.8. The van der Waals surface area contributed by atoms with Gasteiger partial charge in [0.25, 0.3) is 0 Å². The Kier molecular flexibility index (Phi) is 5.02. The van der Waals surface area contributed by atoms with Gasteiger partial charge in [-0.05, 0) is 53.6 Å². The van der Waals surface area contributed by atoms with E-state index in [-0.39, 0.29) is 12.0 Å². The molecule has 188 valence electrons. The molecule has 3 heteroatoms. The van der Waals surface area contributed by atoms with Crippen molar-refractivity contribution in [3.63, 3.8) is 0 Å². The monoisotopic (exact) mass is 511 g/mol. The van der Waals surface area contributed by atoms with Crippen molar-refractivity contribution in [2.24, 2.45) is 0 Å². The fraction of sp³-hybridized carbons (Fsp3) is 0.0541. The lowest BCUT2D eigenvalue weighted by atomic mass is 9.91. The summed E-state index contributed by atoms with van der Waals surface area (Å²) in [5.74, 6) is 0.289. The van der Waals surface area contributed by atoms with E-state index in [1.807, 2.05) is 12.1 Å². The third-order valence-corrected chi connectivity index (χ3v) is 8.36. The van der Waals surface area contributed by atoms with Crippen LogP contribution < -0.4 is 4.90 Å². The van der Waals surface area contributed by atoms with Gasteiger partial charge in [-0.15, -0.1) is 0 Å². The molecule has 5 aromatic carbocycles. The van der Waals surface area contributed by atoms with Crippen molar-refractivity contribution < 1.29 is 0 Å². The van der Waals surface area contributed by atoms with E-state index in [0.29, 0.717) is 5.56 Å². The van der Waals surface area contributed by atoms with E-state index in [9.17, 15) is 5.26 Å². The highest BCUT2D eigenvalue weighted by molar-refractivity contribution is 6.09. The fourth-order valence-electron chi connectivity index (χ4n) is 6.60. The van der Waals surface area contributed by atoms with E-state index >= 15 is 0 Å². The molecule has 1 aliphatic carbocycles. The summed E-state index contributed by atoms with van der Waals surface area (Å²) in [5.41, 5.74) is 10.0. The van der Waals surface area contributed by atoms with Crippen LogP contribution in [0.25, 0.3) is 38.6 Å². The fourth-order valence-corrected chi connectivity index (χ4v) is 6.60. The molecule has 0 spiro atoms. The summed E-state index contributed by atoms with van der Waals surface area (Å²) in [4.78, 5) is 2.41. The van der Waals surface area contributed by atoms with E-state index in [2.05, 4.69) is 143 Å². The molecule has 40 heavy (non-hydrogen) atoms. The molecule has 2 atom stereocenters. The number of aromatic nitrogens is 1. The molecule has 8 rings (SSSR count). The number of nitrogens with zero attached hydrogens (tertiary/aromatic N) is 3. The van der Waals surface area contributed by atoms with Crippen LogP contribution in [0.5, 0.6) is 0 Å². The van der Waals surface area contributed by atoms with Gasteiger partial charge in [-0.2, -0.15) is 5.26 Å². The van der Waals surface area contributed by atoms with Crippen LogP contribution in [0.4, 0.5) is 11.4 Å². The van der Waals surface area contributed by atoms with Crippen LogP contribution in [0.3, 0.4) is 0 Å². The molecule has 0 saturated carbocycles. The quantitative estimate of drug-likeness (QED) is 0.237. The summed E-state index contributed by atoms with van der Waals surface area (Å²) in [6, 6.07) is 43.3. The third kappa shape index (κ3) is 3.30. The largest absolute Gasteiger partial charge is 0.333 e. The van der Waals surface area contributed by atoms with Crippen molar-refractivity contribution in [3.8, 4) is 22.9 Å². The van der Waals surface area contributed by atoms with Crippen LogP contribution in [0.2, 0.25) is 0 Å². The van der Waals surface area contributed by atoms with Gasteiger partial charge in [0.1, 0.15) is 0 Å². The molecule has 0 bridgehead atoms. The van der Waals surface area contributed by atoms with Crippen LogP contribution in [-0.4, -0.2) is 10.6 Å². The van der Waals surface area contributed by atoms with Gasteiger partial charge in [-0.3, -0.25) is 0 Å². The molecule has 0 saturated heterocycles. The molecule has 0 amide bonds. The molecule has 1 aliphatic heterocycles. The molecule has 6 aromatic rings. The number of fused-ring (bicyclic) bond motifs is 6. The molecule has 2 heterocycles. The standard InChI is InChI=1S/C37H25N3/c38-24-25-17-22-28(37(23-25)40-35-15-7-3-11-31(35)32-12-4-8-16-36(32)40)26-18-20-27(21-19-26)39-33-13-5-1-9-29(33)30-10-2-6-14-34(30)39/h1-23,31,35H. The minimum Gasteiger partial charge on any atom is -0.333 e. The average Bonchev–Trinajstić information content (AvgIpc) is 3.54. The average molecular weight is 512 g/mol. The Hall–Kier alpha value is -5.33. The molecule has 0 fully saturated rings. The first kappa shape index (κ1) is 22.6. The minimum absolute atomic E-state index is 0.173. The Labute approximate surface area is 233 Å². The first-order valence-corrected chi connectivity index (χ1v) is 13.7. The van der Waals surface area contributed by atoms with E-state index in [1.165, 1.54) is 33.1 Å². The zero-order chi connectivity index (χ0) is 26.6. The second-order valence-electron chi connectivity index (χ2n) is 10.5. The Morgan fingerprint density at radius 2 is 1.30 bits per heavy atom. The van der Waals surface area contributed by atoms with Crippen molar-refractivity contribution >= 4 is 33.2 Å². The minimum atomic E-state index is 0.173. The van der Waals surface area contributed by atoms with E-state index in [0.717, 1.165) is 22.5 Å². The second kappa shape index (κ2) is 8.86. The molecule has 3 nitrogen and oxygen atoms in total. The van der Waals surface area contributed by atoms with Crippen LogP contribution in [0.15, 0.2) is 140 Å². The van der Waals surface area contributed by atoms with E-state index in [1.54, 1.807) is 0 Å². The number of allylic oxidation sites excluding steroid dienone is 2. The Morgan fingerprint density at radius 1 is 0.625 bits per heavy atom. The highest BCUT2D eigenvalue weighted by Gasteiger charge is 2.38. The number of nitriles is 1. The highest BCUT2D eigenvalue weighted by Crippen LogP contribution is 2.50. The third-order valence-electron chi connectivity index (χ3n) is 8.36. The molecule has 2 unspecified atom stereocenters. The van der Waals surface area contributed by atoms with Crippen LogP contribution in [0.1, 0.15) is 17.0 Å². The summed E-state index contributed by atoms with van der Waals surface area (Å²) < 4.78 is 2.34. The molecule has 1 aromatic heterocycles. The summed E-state index contributed by atoms with van der Waals surface area (Å²) in [6.45, 7) is 0. The van der Waals surface area contributed by atoms with Gasteiger partial charge in [-0.25, -0.2) is 0 Å². The number of benzene rings is 5. The van der Waals surface area contributed by atoms with Crippen LogP contribution in [0, 0.1) is 11.3 Å². The first-order valence-electron chi connectivity index (χ1n) is 13.7. The van der Waals surface area contributed by atoms with E-state index in [4.69, 9.17) is 0 Å². The summed E-state index contributed by atoms with van der Waals surface area (Å²) in [6.07, 6.45) is 8.84. The lowest BCUT2D eigenvalue weighted by Crippen LogP contribution is -2.29. The van der Waals surface area contributed by atoms with Gasteiger partial charge < -0.3 is 9.47 Å². The van der Waals surface area contributed by atoms with Crippen molar-refractivity contribution in [3.05, 3.63) is 151 Å².